The van der Waals surface area contributed by atoms with Crippen molar-refractivity contribution in [2.75, 3.05) is 13.1 Å². The zero-order chi connectivity index (χ0) is 12.3. The Hall–Kier alpha value is -1.08. The van der Waals surface area contributed by atoms with Gasteiger partial charge < -0.3 is 5.32 Å². The normalized spacial score (nSPS) is 11.8. The Bertz CT molecular complexity index is 314. The predicted molar refractivity (Wildman–Crippen MR) is 76.3 cm³/mol. The second-order valence-electron chi connectivity index (χ2n) is 4.53. The molecule has 0 heterocycles. The van der Waals surface area contributed by atoms with Gasteiger partial charge in [0.1, 0.15) is 0 Å². The van der Waals surface area contributed by atoms with Crippen molar-refractivity contribution in [1.82, 2.24) is 5.32 Å². The van der Waals surface area contributed by atoms with Gasteiger partial charge in [-0.3, -0.25) is 0 Å². The topological polar surface area (TPSA) is 12.0 Å². The molecule has 17 heavy (non-hydrogen) atoms. The summed E-state index contributed by atoms with van der Waals surface area (Å²) in [4.78, 5) is 0. The molecule has 1 heteroatoms. The Morgan fingerprint density at radius 1 is 1.24 bits per heavy atom. The summed E-state index contributed by atoms with van der Waals surface area (Å²) in [6, 6.07) is 10.7. The third-order valence-corrected chi connectivity index (χ3v) is 2.94. The maximum Gasteiger partial charge on any atom is -0.00143 e. The van der Waals surface area contributed by atoms with Crippen LogP contribution in [0.1, 0.15) is 38.7 Å². The van der Waals surface area contributed by atoms with E-state index in [-0.39, 0.29) is 0 Å². The van der Waals surface area contributed by atoms with Crippen LogP contribution in [0.4, 0.5) is 0 Å². The summed E-state index contributed by atoms with van der Waals surface area (Å²) in [5.74, 6) is 0. The van der Waals surface area contributed by atoms with Gasteiger partial charge in [-0.15, -0.1) is 0 Å². The van der Waals surface area contributed by atoms with Gasteiger partial charge in [0, 0.05) is 0 Å². The fourth-order valence-corrected chi connectivity index (χ4v) is 1.92. The van der Waals surface area contributed by atoms with Crippen LogP contribution in [-0.2, 0) is 6.42 Å². The first-order chi connectivity index (χ1) is 8.33. The Labute approximate surface area is 106 Å². The fourth-order valence-electron chi connectivity index (χ4n) is 1.92. The van der Waals surface area contributed by atoms with Crippen LogP contribution in [0, 0.1) is 0 Å². The molecule has 0 aromatic heterocycles. The minimum absolute atomic E-state index is 1.07. The molecule has 1 nitrogen and oxygen atoms in total. The van der Waals surface area contributed by atoms with Gasteiger partial charge in [0.2, 0.25) is 0 Å². The van der Waals surface area contributed by atoms with E-state index < -0.39 is 0 Å². The van der Waals surface area contributed by atoms with Gasteiger partial charge in [0.15, 0.2) is 0 Å². The summed E-state index contributed by atoms with van der Waals surface area (Å²) in [5.41, 5.74) is 2.98. The van der Waals surface area contributed by atoms with Crippen molar-refractivity contribution >= 4 is 0 Å². The van der Waals surface area contributed by atoms with Crippen molar-refractivity contribution < 1.29 is 0 Å². The zero-order valence-electron chi connectivity index (χ0n) is 11.2. The van der Waals surface area contributed by atoms with E-state index in [0.29, 0.717) is 0 Å². The number of aryl methyl sites for hydroxylation is 1. The zero-order valence-corrected chi connectivity index (χ0v) is 11.2. The van der Waals surface area contributed by atoms with E-state index in [1.165, 1.54) is 30.4 Å². The van der Waals surface area contributed by atoms with Crippen molar-refractivity contribution in [3.8, 4) is 0 Å². The molecule has 0 bridgehead atoms. The van der Waals surface area contributed by atoms with E-state index in [0.717, 1.165) is 19.5 Å². The predicted octanol–water partition coefficient (Wildman–Crippen LogP) is 3.96. The average Bonchev–Trinajstić information content (AvgIpc) is 2.36. The number of rotatable bonds is 8. The molecular formula is C16H25N. The molecule has 0 fully saturated rings. The highest BCUT2D eigenvalue weighted by molar-refractivity contribution is 5.14. The first-order valence-electron chi connectivity index (χ1n) is 6.73. The Morgan fingerprint density at radius 2 is 2.00 bits per heavy atom. The second-order valence-corrected chi connectivity index (χ2v) is 4.53. The van der Waals surface area contributed by atoms with E-state index in [1.807, 2.05) is 0 Å². The number of hydrogen-bond acceptors (Lipinski definition) is 1. The minimum Gasteiger partial charge on any atom is -0.317 e. The molecule has 94 valence electrons. The second kappa shape index (κ2) is 9.00. The summed E-state index contributed by atoms with van der Waals surface area (Å²) in [5, 5.41) is 3.34. The first kappa shape index (κ1) is 14.0. The van der Waals surface area contributed by atoms with Crippen LogP contribution in [-0.4, -0.2) is 13.1 Å². The van der Waals surface area contributed by atoms with E-state index >= 15 is 0 Å². The smallest absolute Gasteiger partial charge is 0.00143 e. The van der Waals surface area contributed by atoms with Gasteiger partial charge >= 0.3 is 0 Å². The van der Waals surface area contributed by atoms with Crippen molar-refractivity contribution in [1.29, 1.82) is 0 Å². The van der Waals surface area contributed by atoms with Crippen LogP contribution in [0.2, 0.25) is 0 Å². The molecule has 0 amide bonds. The summed E-state index contributed by atoms with van der Waals surface area (Å²) < 4.78 is 0. The van der Waals surface area contributed by atoms with E-state index in [4.69, 9.17) is 0 Å². The van der Waals surface area contributed by atoms with E-state index in [2.05, 4.69) is 55.6 Å². The third-order valence-electron chi connectivity index (χ3n) is 2.94. The molecule has 1 aromatic rings. The SMILES string of the molecule is CCNCCC=C(C)CCCc1ccccc1. The van der Waals surface area contributed by atoms with Crippen LogP contribution < -0.4 is 5.32 Å². The first-order valence-corrected chi connectivity index (χ1v) is 6.73. The Balaban J connectivity index is 2.13. The number of allylic oxidation sites excluding steroid dienone is 1. The monoisotopic (exact) mass is 231 g/mol. The van der Waals surface area contributed by atoms with Gasteiger partial charge in [-0.2, -0.15) is 0 Å². The lowest BCUT2D eigenvalue weighted by Gasteiger charge is -2.03. The molecule has 0 unspecified atom stereocenters. The molecule has 0 atom stereocenters. The van der Waals surface area contributed by atoms with Crippen LogP contribution in [0.15, 0.2) is 42.0 Å². The summed E-state index contributed by atoms with van der Waals surface area (Å²) in [6.45, 7) is 6.57. The molecule has 0 radical (unpaired) electrons. The van der Waals surface area contributed by atoms with E-state index in [1.54, 1.807) is 0 Å². The molecule has 0 spiro atoms. The lowest BCUT2D eigenvalue weighted by atomic mass is 10.0. The van der Waals surface area contributed by atoms with Crippen molar-refractivity contribution in [2.45, 2.75) is 39.5 Å². The third kappa shape index (κ3) is 6.96. The van der Waals surface area contributed by atoms with Crippen LogP contribution >= 0.6 is 0 Å². The molecule has 0 aliphatic rings. The summed E-state index contributed by atoms with van der Waals surface area (Å²) >= 11 is 0. The van der Waals surface area contributed by atoms with Crippen LogP contribution in [0.3, 0.4) is 0 Å². The molecule has 1 aromatic carbocycles. The number of benzene rings is 1. The highest BCUT2D eigenvalue weighted by Gasteiger charge is 1.93. The number of nitrogens with one attached hydrogen (secondary N) is 1. The average molecular weight is 231 g/mol. The van der Waals surface area contributed by atoms with Gasteiger partial charge in [-0.05, 0) is 51.3 Å². The lowest BCUT2D eigenvalue weighted by molar-refractivity contribution is 0.720. The fraction of sp³-hybridized carbons (Fsp3) is 0.500. The lowest BCUT2D eigenvalue weighted by Crippen LogP contribution is -2.13. The maximum absolute atomic E-state index is 3.34. The molecule has 0 aliphatic heterocycles. The Kier molecular flexibility index (Phi) is 7.40. The highest BCUT2D eigenvalue weighted by atomic mass is 14.8. The summed E-state index contributed by atoms with van der Waals surface area (Å²) in [7, 11) is 0. The van der Waals surface area contributed by atoms with Gasteiger partial charge in [0.05, 0.1) is 0 Å². The van der Waals surface area contributed by atoms with Gasteiger partial charge in [-0.1, -0.05) is 48.9 Å². The molecule has 1 N–H and O–H groups in total. The van der Waals surface area contributed by atoms with Crippen molar-refractivity contribution in [3.63, 3.8) is 0 Å². The molecule has 0 saturated carbocycles. The molecule has 0 aliphatic carbocycles. The molecular weight excluding hydrogens is 206 g/mol. The molecule has 1 rings (SSSR count). The van der Waals surface area contributed by atoms with Gasteiger partial charge in [0.25, 0.3) is 0 Å². The summed E-state index contributed by atoms with van der Waals surface area (Å²) in [6.07, 6.45) is 7.20. The number of hydrogen-bond donors (Lipinski definition) is 1. The molecule has 0 saturated heterocycles. The largest absolute Gasteiger partial charge is 0.317 e. The Morgan fingerprint density at radius 3 is 2.71 bits per heavy atom. The quantitative estimate of drug-likeness (QED) is 0.527. The van der Waals surface area contributed by atoms with Crippen LogP contribution in [0.25, 0.3) is 0 Å². The van der Waals surface area contributed by atoms with Crippen molar-refractivity contribution in [3.05, 3.63) is 47.5 Å². The van der Waals surface area contributed by atoms with E-state index in [9.17, 15) is 0 Å². The minimum atomic E-state index is 1.07. The van der Waals surface area contributed by atoms with Crippen molar-refractivity contribution in [2.24, 2.45) is 0 Å². The maximum atomic E-state index is 3.34. The standard InChI is InChI=1S/C16H25N/c1-3-17-14-8-10-15(2)9-7-13-16-11-5-4-6-12-16/h4-6,10-12,17H,3,7-9,13-14H2,1-2H3. The van der Waals surface area contributed by atoms with Crippen LogP contribution in [0.5, 0.6) is 0 Å². The van der Waals surface area contributed by atoms with Gasteiger partial charge in [-0.25, -0.2) is 0 Å². The highest BCUT2D eigenvalue weighted by Crippen LogP contribution is 2.10.